The zero-order valence-corrected chi connectivity index (χ0v) is 14.9. The Morgan fingerprint density at radius 2 is 2.00 bits per heavy atom. The molecule has 7 nitrogen and oxygen atoms in total. The van der Waals surface area contributed by atoms with E-state index in [4.69, 9.17) is 4.98 Å². The van der Waals surface area contributed by atoms with Crippen molar-refractivity contribution in [1.82, 2.24) is 25.3 Å². The molecule has 1 aliphatic heterocycles. The molecule has 1 atom stereocenters. The first-order valence-electron chi connectivity index (χ1n) is 9.51. The molecule has 1 aromatic carbocycles. The van der Waals surface area contributed by atoms with Gasteiger partial charge in [0.15, 0.2) is 0 Å². The highest BCUT2D eigenvalue weighted by molar-refractivity contribution is 5.82. The molecule has 3 heterocycles. The van der Waals surface area contributed by atoms with E-state index in [2.05, 4.69) is 30.9 Å². The average molecular weight is 367 g/mol. The monoisotopic (exact) mass is 367 g/mol. The van der Waals surface area contributed by atoms with Gasteiger partial charge in [0.05, 0.1) is 16.6 Å². The highest BCUT2D eigenvalue weighted by Gasteiger charge is 2.23. The molecule has 2 aliphatic rings. The van der Waals surface area contributed by atoms with Crippen LogP contribution >= 0.6 is 0 Å². The van der Waals surface area contributed by atoms with E-state index >= 15 is 0 Å². The van der Waals surface area contributed by atoms with Gasteiger partial charge in [0.1, 0.15) is 17.5 Å². The first-order valence-corrected chi connectivity index (χ1v) is 9.51. The summed E-state index contributed by atoms with van der Waals surface area (Å²) in [5.41, 5.74) is 2.17. The molecule has 0 spiro atoms. The van der Waals surface area contributed by atoms with E-state index < -0.39 is 0 Å². The first-order chi connectivity index (χ1) is 13.2. The summed E-state index contributed by atoms with van der Waals surface area (Å²) in [6.07, 6.45) is 6.33. The van der Waals surface area contributed by atoms with Gasteiger partial charge < -0.3 is 20.9 Å². The van der Waals surface area contributed by atoms with Gasteiger partial charge in [0, 0.05) is 24.8 Å². The summed E-state index contributed by atoms with van der Waals surface area (Å²) >= 11 is 0. The predicted molar refractivity (Wildman–Crippen MR) is 103 cm³/mol. The molecular weight excluding hydrogens is 345 g/mol. The van der Waals surface area contributed by atoms with Crippen LogP contribution in [-0.2, 0) is 0 Å². The van der Waals surface area contributed by atoms with Crippen LogP contribution in [0.3, 0.4) is 0 Å². The van der Waals surface area contributed by atoms with E-state index in [1.165, 1.54) is 12.1 Å². The van der Waals surface area contributed by atoms with Crippen molar-refractivity contribution in [2.45, 2.75) is 37.8 Å². The minimum Gasteiger partial charge on any atom is -0.365 e. The minimum absolute atomic E-state index is 0.287. The second kappa shape index (κ2) is 6.77. The number of nitrogens with one attached hydrogen (secondary N) is 4. The Bertz CT molecular complexity index is 960. The van der Waals surface area contributed by atoms with Crippen molar-refractivity contribution in [3.05, 3.63) is 30.2 Å². The van der Waals surface area contributed by atoms with E-state index in [1.807, 2.05) is 0 Å². The van der Waals surface area contributed by atoms with E-state index in [1.54, 1.807) is 12.3 Å². The molecule has 8 heteroatoms. The van der Waals surface area contributed by atoms with Crippen LogP contribution in [0.15, 0.2) is 24.4 Å². The number of hydrogen-bond donors (Lipinski definition) is 4. The molecule has 3 aromatic rings. The number of hydrogen-bond acceptors (Lipinski definition) is 6. The number of halogens is 1. The highest BCUT2D eigenvalue weighted by Crippen LogP contribution is 2.29. The molecule has 0 amide bonds. The number of nitrogens with zero attached hydrogens (tertiary/aromatic N) is 3. The third kappa shape index (κ3) is 3.57. The van der Waals surface area contributed by atoms with E-state index in [0.29, 0.717) is 29.4 Å². The molecule has 1 aliphatic carbocycles. The number of rotatable bonds is 5. The Morgan fingerprint density at radius 3 is 2.81 bits per heavy atom. The lowest BCUT2D eigenvalue weighted by Crippen LogP contribution is -2.38. The summed E-state index contributed by atoms with van der Waals surface area (Å²) in [5.74, 6) is 1.74. The van der Waals surface area contributed by atoms with Crippen molar-refractivity contribution in [3.8, 4) is 11.4 Å². The van der Waals surface area contributed by atoms with Crippen molar-refractivity contribution in [3.63, 3.8) is 0 Å². The second-order valence-electron chi connectivity index (χ2n) is 7.31. The Balaban J connectivity index is 1.51. The maximum absolute atomic E-state index is 13.5. The zero-order valence-electron chi connectivity index (χ0n) is 14.9. The molecule has 0 bridgehead atoms. The molecular formula is C19H22FN7. The molecule has 27 heavy (non-hydrogen) atoms. The number of piperidine rings is 1. The van der Waals surface area contributed by atoms with Gasteiger partial charge in [-0.25, -0.2) is 14.4 Å². The quantitative estimate of drug-likeness (QED) is 0.554. The maximum Gasteiger partial charge on any atom is 0.224 e. The summed E-state index contributed by atoms with van der Waals surface area (Å²) < 4.78 is 13.5. The van der Waals surface area contributed by atoms with Crippen LogP contribution in [0, 0.1) is 5.82 Å². The third-order valence-corrected chi connectivity index (χ3v) is 5.04. The SMILES string of the molecule is Fc1ccc2nc(-c3cnc(NC4CC4)nc3N[C@H]3CCCNC3)[nH]c2c1. The third-order valence-electron chi connectivity index (χ3n) is 5.04. The molecule has 5 rings (SSSR count). The van der Waals surface area contributed by atoms with Gasteiger partial charge in [0.2, 0.25) is 5.95 Å². The molecule has 140 valence electrons. The summed E-state index contributed by atoms with van der Waals surface area (Å²) in [6.45, 7) is 1.96. The lowest BCUT2D eigenvalue weighted by Gasteiger charge is -2.25. The van der Waals surface area contributed by atoms with Crippen LogP contribution in [0.5, 0.6) is 0 Å². The van der Waals surface area contributed by atoms with Crippen LogP contribution in [0.1, 0.15) is 25.7 Å². The van der Waals surface area contributed by atoms with E-state index in [9.17, 15) is 4.39 Å². The minimum atomic E-state index is -0.287. The van der Waals surface area contributed by atoms with Gasteiger partial charge in [-0.3, -0.25) is 0 Å². The topological polar surface area (TPSA) is 90.6 Å². The van der Waals surface area contributed by atoms with Gasteiger partial charge >= 0.3 is 0 Å². The van der Waals surface area contributed by atoms with Crippen LogP contribution in [0.2, 0.25) is 0 Å². The summed E-state index contributed by atoms with van der Waals surface area (Å²) in [6, 6.07) is 5.33. The molecule has 4 N–H and O–H groups in total. The van der Waals surface area contributed by atoms with Crippen molar-refractivity contribution in [1.29, 1.82) is 0 Å². The fraction of sp³-hybridized carbons (Fsp3) is 0.421. The fourth-order valence-corrected chi connectivity index (χ4v) is 3.42. The first kappa shape index (κ1) is 16.4. The largest absolute Gasteiger partial charge is 0.365 e. The Kier molecular flexibility index (Phi) is 4.12. The Hall–Kier alpha value is -2.74. The highest BCUT2D eigenvalue weighted by atomic mass is 19.1. The molecule has 0 unspecified atom stereocenters. The lowest BCUT2D eigenvalue weighted by atomic mass is 10.1. The van der Waals surface area contributed by atoms with Gasteiger partial charge in [-0.15, -0.1) is 0 Å². The lowest BCUT2D eigenvalue weighted by molar-refractivity contribution is 0.479. The smallest absolute Gasteiger partial charge is 0.224 e. The van der Waals surface area contributed by atoms with Crippen LogP contribution in [-0.4, -0.2) is 45.1 Å². The molecule has 2 aromatic heterocycles. The van der Waals surface area contributed by atoms with Crippen LogP contribution < -0.4 is 16.0 Å². The van der Waals surface area contributed by atoms with Crippen molar-refractivity contribution in [2.75, 3.05) is 23.7 Å². The molecule has 1 saturated carbocycles. The van der Waals surface area contributed by atoms with Gasteiger partial charge in [-0.05, 0) is 50.4 Å². The summed E-state index contributed by atoms with van der Waals surface area (Å²) in [7, 11) is 0. The van der Waals surface area contributed by atoms with Gasteiger partial charge in [-0.1, -0.05) is 0 Å². The number of aromatic amines is 1. The number of fused-ring (bicyclic) bond motifs is 1. The second-order valence-corrected chi connectivity index (χ2v) is 7.31. The summed E-state index contributed by atoms with van der Waals surface area (Å²) in [4.78, 5) is 17.0. The molecule has 0 radical (unpaired) electrons. The number of H-pyrrole nitrogens is 1. The Labute approximate surface area is 156 Å². The Morgan fingerprint density at radius 1 is 1.07 bits per heavy atom. The van der Waals surface area contributed by atoms with Crippen molar-refractivity contribution < 1.29 is 4.39 Å². The van der Waals surface area contributed by atoms with Crippen molar-refractivity contribution >= 4 is 22.8 Å². The fourth-order valence-electron chi connectivity index (χ4n) is 3.42. The number of anilines is 2. The predicted octanol–water partition coefficient (Wildman–Crippen LogP) is 2.90. The van der Waals surface area contributed by atoms with Gasteiger partial charge in [-0.2, -0.15) is 4.98 Å². The maximum atomic E-state index is 13.5. The number of benzene rings is 1. The zero-order chi connectivity index (χ0) is 18.2. The number of aromatic nitrogens is 4. The van der Waals surface area contributed by atoms with E-state index in [0.717, 1.165) is 55.7 Å². The van der Waals surface area contributed by atoms with Crippen LogP contribution in [0.25, 0.3) is 22.4 Å². The standard InChI is InChI=1S/C19H22FN7/c20-11-3-6-15-16(8-11)26-18(25-15)14-10-22-19(24-12-4-5-12)27-17(14)23-13-2-1-7-21-9-13/h3,6,8,10,12-13,21H,1-2,4-5,7,9H2,(H,25,26)(H2,22,23,24,27)/t13-/m0/s1. The van der Waals surface area contributed by atoms with E-state index in [-0.39, 0.29) is 5.82 Å². The molecule has 1 saturated heterocycles. The average Bonchev–Trinajstić information content (AvgIpc) is 3.39. The molecule has 2 fully saturated rings. The van der Waals surface area contributed by atoms with Crippen LogP contribution in [0.4, 0.5) is 16.2 Å². The summed E-state index contributed by atoms with van der Waals surface area (Å²) in [5, 5.41) is 10.3. The number of imidazole rings is 1. The normalized spacial score (nSPS) is 20.0. The van der Waals surface area contributed by atoms with Gasteiger partial charge in [0.25, 0.3) is 0 Å². The van der Waals surface area contributed by atoms with Crippen molar-refractivity contribution in [2.24, 2.45) is 0 Å².